The molecule has 0 bridgehead atoms. The molecule has 19 heavy (non-hydrogen) atoms. The molecule has 0 saturated heterocycles. The Morgan fingerprint density at radius 2 is 1.79 bits per heavy atom. The molecule has 0 aliphatic heterocycles. The van der Waals surface area contributed by atoms with Gasteiger partial charge in [-0.05, 0) is 33.1 Å². The SMILES string of the molecule is C=C(C[C@H](NC(=O)OC(C)(C)C)C(C)C)C(=O)OC. The van der Waals surface area contributed by atoms with E-state index >= 15 is 0 Å². The van der Waals surface area contributed by atoms with Gasteiger partial charge in [0.25, 0.3) is 0 Å². The molecule has 1 amide bonds. The van der Waals surface area contributed by atoms with Gasteiger partial charge in [-0.3, -0.25) is 0 Å². The second-order valence-corrected chi connectivity index (χ2v) is 5.80. The van der Waals surface area contributed by atoms with E-state index in [1.54, 1.807) is 20.8 Å². The van der Waals surface area contributed by atoms with Gasteiger partial charge in [0.05, 0.1) is 7.11 Å². The van der Waals surface area contributed by atoms with E-state index in [1.165, 1.54) is 7.11 Å². The number of carbonyl (C=O) groups is 2. The van der Waals surface area contributed by atoms with Crippen molar-refractivity contribution in [3.05, 3.63) is 12.2 Å². The molecular weight excluding hydrogens is 246 g/mol. The van der Waals surface area contributed by atoms with Gasteiger partial charge in [0.2, 0.25) is 0 Å². The number of rotatable bonds is 5. The molecule has 0 saturated carbocycles. The first kappa shape index (κ1) is 17.5. The van der Waals surface area contributed by atoms with Crippen molar-refractivity contribution >= 4 is 12.1 Å². The van der Waals surface area contributed by atoms with E-state index < -0.39 is 17.7 Å². The molecule has 0 spiro atoms. The van der Waals surface area contributed by atoms with E-state index in [0.717, 1.165) is 0 Å². The summed E-state index contributed by atoms with van der Waals surface area (Å²) in [7, 11) is 1.30. The number of nitrogens with one attached hydrogen (secondary N) is 1. The first-order chi connectivity index (χ1) is 8.56. The van der Waals surface area contributed by atoms with Gasteiger partial charge >= 0.3 is 12.1 Å². The van der Waals surface area contributed by atoms with E-state index in [9.17, 15) is 9.59 Å². The fourth-order valence-corrected chi connectivity index (χ4v) is 1.41. The van der Waals surface area contributed by atoms with Crippen LogP contribution in [-0.2, 0) is 14.3 Å². The zero-order chi connectivity index (χ0) is 15.2. The molecule has 0 heterocycles. The third kappa shape index (κ3) is 7.49. The fourth-order valence-electron chi connectivity index (χ4n) is 1.41. The Morgan fingerprint density at radius 3 is 2.16 bits per heavy atom. The minimum absolute atomic E-state index is 0.147. The molecule has 0 aromatic heterocycles. The number of hydrogen-bond acceptors (Lipinski definition) is 4. The van der Waals surface area contributed by atoms with Crippen molar-refractivity contribution in [2.24, 2.45) is 5.92 Å². The average molecular weight is 271 g/mol. The summed E-state index contributed by atoms with van der Waals surface area (Å²) < 4.78 is 9.79. The summed E-state index contributed by atoms with van der Waals surface area (Å²) in [5, 5.41) is 2.75. The lowest BCUT2D eigenvalue weighted by atomic mass is 9.97. The topological polar surface area (TPSA) is 64.6 Å². The zero-order valence-electron chi connectivity index (χ0n) is 12.7. The Bertz CT molecular complexity index is 342. The molecule has 0 aromatic rings. The smallest absolute Gasteiger partial charge is 0.407 e. The highest BCUT2D eigenvalue weighted by Crippen LogP contribution is 2.14. The zero-order valence-corrected chi connectivity index (χ0v) is 12.7. The van der Waals surface area contributed by atoms with Gasteiger partial charge in [-0.15, -0.1) is 0 Å². The molecule has 5 nitrogen and oxygen atoms in total. The van der Waals surface area contributed by atoms with E-state index in [1.807, 2.05) is 13.8 Å². The molecule has 0 unspecified atom stereocenters. The van der Waals surface area contributed by atoms with Crippen LogP contribution in [0.15, 0.2) is 12.2 Å². The largest absolute Gasteiger partial charge is 0.466 e. The van der Waals surface area contributed by atoms with Gasteiger partial charge in [0.15, 0.2) is 0 Å². The third-order valence-electron chi connectivity index (χ3n) is 2.45. The lowest BCUT2D eigenvalue weighted by Gasteiger charge is -2.26. The standard InChI is InChI=1S/C14H25NO4/c1-9(2)11(8-10(3)12(16)18-7)15-13(17)19-14(4,5)6/h9,11H,3,8H2,1-2,4-7H3,(H,15,17)/t11-/m0/s1. The van der Waals surface area contributed by atoms with E-state index in [2.05, 4.69) is 16.6 Å². The Balaban J connectivity index is 4.55. The number of hydrogen-bond donors (Lipinski definition) is 1. The minimum Gasteiger partial charge on any atom is -0.466 e. The normalized spacial score (nSPS) is 12.8. The predicted molar refractivity (Wildman–Crippen MR) is 73.8 cm³/mol. The van der Waals surface area contributed by atoms with Crippen molar-refractivity contribution < 1.29 is 19.1 Å². The molecule has 0 aliphatic rings. The van der Waals surface area contributed by atoms with Crippen LogP contribution in [0, 0.1) is 5.92 Å². The summed E-state index contributed by atoms with van der Waals surface area (Å²) in [6.45, 7) is 13.0. The Morgan fingerprint density at radius 1 is 1.26 bits per heavy atom. The van der Waals surface area contributed by atoms with Gasteiger partial charge in [0, 0.05) is 11.6 Å². The van der Waals surface area contributed by atoms with Crippen LogP contribution < -0.4 is 5.32 Å². The number of alkyl carbamates (subject to hydrolysis) is 1. The highest BCUT2D eigenvalue weighted by Gasteiger charge is 2.23. The van der Waals surface area contributed by atoms with Gasteiger partial charge in [0.1, 0.15) is 5.60 Å². The Hall–Kier alpha value is -1.52. The highest BCUT2D eigenvalue weighted by molar-refractivity contribution is 5.87. The van der Waals surface area contributed by atoms with Crippen molar-refractivity contribution in [2.75, 3.05) is 7.11 Å². The monoisotopic (exact) mass is 271 g/mol. The fraction of sp³-hybridized carbons (Fsp3) is 0.714. The second kappa shape index (κ2) is 7.16. The number of methoxy groups -OCH3 is 1. The third-order valence-corrected chi connectivity index (χ3v) is 2.45. The summed E-state index contributed by atoms with van der Waals surface area (Å²) in [6, 6.07) is -0.221. The molecule has 0 aliphatic carbocycles. The van der Waals surface area contributed by atoms with Crippen LogP contribution in [0.25, 0.3) is 0 Å². The summed E-state index contributed by atoms with van der Waals surface area (Å²) in [4.78, 5) is 23.0. The summed E-state index contributed by atoms with van der Waals surface area (Å²) >= 11 is 0. The maximum Gasteiger partial charge on any atom is 0.407 e. The Kier molecular flexibility index (Phi) is 6.59. The first-order valence-corrected chi connectivity index (χ1v) is 6.32. The van der Waals surface area contributed by atoms with Crippen LogP contribution >= 0.6 is 0 Å². The molecule has 1 atom stereocenters. The van der Waals surface area contributed by atoms with Crippen molar-refractivity contribution in [2.45, 2.75) is 52.7 Å². The molecule has 1 N–H and O–H groups in total. The van der Waals surface area contributed by atoms with Crippen molar-refractivity contribution in [3.63, 3.8) is 0 Å². The molecule has 0 fully saturated rings. The lowest BCUT2D eigenvalue weighted by molar-refractivity contribution is -0.136. The first-order valence-electron chi connectivity index (χ1n) is 6.32. The van der Waals surface area contributed by atoms with Gasteiger partial charge in [-0.1, -0.05) is 20.4 Å². The van der Waals surface area contributed by atoms with Crippen LogP contribution in [0.3, 0.4) is 0 Å². The van der Waals surface area contributed by atoms with E-state index in [4.69, 9.17) is 4.74 Å². The van der Waals surface area contributed by atoms with Crippen LogP contribution in [0.2, 0.25) is 0 Å². The minimum atomic E-state index is -0.551. The lowest BCUT2D eigenvalue weighted by Crippen LogP contribution is -2.42. The van der Waals surface area contributed by atoms with Crippen molar-refractivity contribution in [3.8, 4) is 0 Å². The van der Waals surface area contributed by atoms with Crippen LogP contribution in [0.1, 0.15) is 41.0 Å². The van der Waals surface area contributed by atoms with Crippen molar-refractivity contribution in [1.82, 2.24) is 5.32 Å². The van der Waals surface area contributed by atoms with E-state index in [0.29, 0.717) is 12.0 Å². The number of ether oxygens (including phenoxy) is 2. The maximum absolute atomic E-state index is 11.7. The number of esters is 1. The predicted octanol–water partition coefficient (Wildman–Crippen LogP) is 2.66. The average Bonchev–Trinajstić information content (AvgIpc) is 2.24. The molecule has 0 radical (unpaired) electrons. The van der Waals surface area contributed by atoms with Crippen LogP contribution in [-0.4, -0.2) is 30.8 Å². The molecular formula is C14H25NO4. The summed E-state index contributed by atoms with van der Waals surface area (Å²) in [5.41, 5.74) is -0.220. The highest BCUT2D eigenvalue weighted by atomic mass is 16.6. The second-order valence-electron chi connectivity index (χ2n) is 5.80. The molecule has 5 heteroatoms. The number of amides is 1. The van der Waals surface area contributed by atoms with E-state index in [-0.39, 0.29) is 12.0 Å². The van der Waals surface area contributed by atoms with Crippen LogP contribution in [0.5, 0.6) is 0 Å². The van der Waals surface area contributed by atoms with Gasteiger partial charge < -0.3 is 14.8 Å². The number of carbonyl (C=O) groups excluding carboxylic acids is 2. The maximum atomic E-state index is 11.7. The summed E-state index contributed by atoms with van der Waals surface area (Å²) in [6.07, 6.45) is -0.160. The Labute approximate surface area is 115 Å². The molecule has 0 aromatic carbocycles. The molecule has 0 rings (SSSR count). The summed E-state index contributed by atoms with van der Waals surface area (Å²) in [5.74, 6) is -0.314. The van der Waals surface area contributed by atoms with Crippen LogP contribution in [0.4, 0.5) is 4.79 Å². The molecule has 110 valence electrons. The van der Waals surface area contributed by atoms with Gasteiger partial charge in [-0.25, -0.2) is 9.59 Å². The quantitative estimate of drug-likeness (QED) is 0.616. The van der Waals surface area contributed by atoms with Gasteiger partial charge in [-0.2, -0.15) is 0 Å². The van der Waals surface area contributed by atoms with Crippen molar-refractivity contribution in [1.29, 1.82) is 0 Å².